The van der Waals surface area contributed by atoms with Gasteiger partial charge in [-0.05, 0) is 12.8 Å². The molecule has 64 valence electrons. The Balaban J connectivity index is 2.50. The van der Waals surface area contributed by atoms with Gasteiger partial charge in [0.1, 0.15) is 0 Å². The number of hydrogen-bond donors (Lipinski definition) is 3. The summed E-state index contributed by atoms with van der Waals surface area (Å²) in [6.07, 6.45) is 3.84. The van der Waals surface area contributed by atoms with Gasteiger partial charge in [0, 0.05) is 24.4 Å². The highest BCUT2D eigenvalue weighted by Crippen LogP contribution is 2.49. The summed E-state index contributed by atoms with van der Waals surface area (Å²) >= 11 is 0. The molecule has 0 aliphatic heterocycles. The molecule has 0 heterocycles. The van der Waals surface area contributed by atoms with Crippen LogP contribution in [0.15, 0.2) is 11.9 Å². The molecule has 0 aromatic carbocycles. The van der Waals surface area contributed by atoms with Crippen molar-refractivity contribution in [3.63, 3.8) is 0 Å². The Morgan fingerprint density at radius 1 is 1.73 bits per heavy atom. The molecule has 4 nitrogen and oxygen atoms in total. The maximum Gasteiger partial charge on any atom is 0.0573 e. The second kappa shape index (κ2) is 3.11. The van der Waals surface area contributed by atoms with Crippen LogP contribution in [0.1, 0.15) is 12.8 Å². The van der Waals surface area contributed by atoms with E-state index in [1.54, 1.807) is 13.3 Å². The second-order valence-electron chi connectivity index (χ2n) is 2.98. The molecule has 1 aliphatic carbocycles. The molecular weight excluding hydrogens is 142 g/mol. The van der Waals surface area contributed by atoms with Crippen LogP contribution >= 0.6 is 0 Å². The minimum Gasteiger partial charge on any atom is -0.400 e. The van der Waals surface area contributed by atoms with Crippen molar-refractivity contribution in [3.8, 4) is 0 Å². The molecule has 11 heavy (non-hydrogen) atoms. The van der Waals surface area contributed by atoms with Gasteiger partial charge in [-0.15, -0.1) is 0 Å². The lowest BCUT2D eigenvalue weighted by Gasteiger charge is -2.13. The average molecular weight is 157 g/mol. The van der Waals surface area contributed by atoms with Crippen LogP contribution in [-0.4, -0.2) is 13.7 Å². The summed E-state index contributed by atoms with van der Waals surface area (Å²) in [5.74, 6) is 5.10. The Morgan fingerprint density at radius 3 is 2.73 bits per heavy atom. The normalized spacial score (nSPS) is 21.5. The van der Waals surface area contributed by atoms with Crippen molar-refractivity contribution in [1.29, 1.82) is 0 Å². The molecule has 1 aliphatic rings. The van der Waals surface area contributed by atoms with Gasteiger partial charge in [0.2, 0.25) is 0 Å². The number of hydrogen-bond acceptors (Lipinski definition) is 4. The SMILES string of the molecule is COCC1(/C(N)=C/NN)CC1. The van der Waals surface area contributed by atoms with E-state index in [1.165, 1.54) is 0 Å². The van der Waals surface area contributed by atoms with Gasteiger partial charge in [-0.3, -0.25) is 5.84 Å². The number of nitrogens with one attached hydrogen (secondary N) is 1. The number of ether oxygens (including phenoxy) is 1. The predicted molar refractivity (Wildman–Crippen MR) is 43.1 cm³/mol. The van der Waals surface area contributed by atoms with Crippen LogP contribution in [0.25, 0.3) is 0 Å². The lowest BCUT2D eigenvalue weighted by atomic mass is 10.1. The maximum absolute atomic E-state index is 5.75. The molecule has 0 bridgehead atoms. The molecule has 4 heteroatoms. The monoisotopic (exact) mass is 157 g/mol. The fraction of sp³-hybridized carbons (Fsp3) is 0.714. The van der Waals surface area contributed by atoms with E-state index in [1.807, 2.05) is 0 Å². The van der Waals surface area contributed by atoms with Crippen LogP contribution in [0.3, 0.4) is 0 Å². The predicted octanol–water partition coefficient (Wildman–Crippen LogP) is -0.324. The lowest BCUT2D eigenvalue weighted by Crippen LogP contribution is -2.24. The standard InChI is InChI=1S/C7H15N3O/c1-11-5-7(2-3-7)6(8)4-10-9/h4,10H,2-3,5,8-9H2,1H3/b6-4-. The Hall–Kier alpha value is -0.740. The first-order valence-corrected chi connectivity index (χ1v) is 3.66. The van der Waals surface area contributed by atoms with Gasteiger partial charge in [0.25, 0.3) is 0 Å². The van der Waals surface area contributed by atoms with E-state index in [-0.39, 0.29) is 5.41 Å². The summed E-state index contributed by atoms with van der Waals surface area (Å²) in [5, 5.41) is 0. The fourth-order valence-electron chi connectivity index (χ4n) is 1.19. The van der Waals surface area contributed by atoms with Crippen molar-refractivity contribution in [1.82, 2.24) is 5.43 Å². The fourth-order valence-corrected chi connectivity index (χ4v) is 1.19. The van der Waals surface area contributed by atoms with Crippen LogP contribution < -0.4 is 17.0 Å². The third-order valence-corrected chi connectivity index (χ3v) is 2.13. The summed E-state index contributed by atoms with van der Waals surface area (Å²) in [6, 6.07) is 0. The van der Waals surface area contributed by atoms with Crippen LogP contribution in [-0.2, 0) is 4.74 Å². The molecule has 0 amide bonds. The van der Waals surface area contributed by atoms with Crippen LogP contribution in [0.4, 0.5) is 0 Å². The third kappa shape index (κ3) is 1.64. The van der Waals surface area contributed by atoms with Crippen LogP contribution in [0, 0.1) is 5.41 Å². The largest absolute Gasteiger partial charge is 0.400 e. The van der Waals surface area contributed by atoms with Gasteiger partial charge < -0.3 is 15.9 Å². The maximum atomic E-state index is 5.75. The highest BCUT2D eigenvalue weighted by atomic mass is 16.5. The minimum atomic E-state index is 0.0844. The van der Waals surface area contributed by atoms with Gasteiger partial charge in [0.15, 0.2) is 0 Å². The van der Waals surface area contributed by atoms with E-state index in [0.29, 0.717) is 6.61 Å². The Labute approximate surface area is 66.5 Å². The molecule has 5 N–H and O–H groups in total. The quantitative estimate of drug-likeness (QED) is 0.386. The number of nitrogens with two attached hydrogens (primary N) is 2. The van der Waals surface area contributed by atoms with Crippen LogP contribution in [0.2, 0.25) is 0 Å². The van der Waals surface area contributed by atoms with E-state index in [2.05, 4.69) is 5.43 Å². The summed E-state index contributed by atoms with van der Waals surface area (Å²) in [5.41, 5.74) is 9.06. The van der Waals surface area contributed by atoms with Crippen LogP contribution in [0.5, 0.6) is 0 Å². The van der Waals surface area contributed by atoms with E-state index in [9.17, 15) is 0 Å². The summed E-state index contributed by atoms with van der Waals surface area (Å²) in [6.45, 7) is 0.691. The third-order valence-electron chi connectivity index (χ3n) is 2.13. The molecule has 0 radical (unpaired) electrons. The molecule has 0 saturated heterocycles. The first-order chi connectivity index (χ1) is 5.25. The number of methoxy groups -OCH3 is 1. The van der Waals surface area contributed by atoms with Crippen molar-refractivity contribution in [2.75, 3.05) is 13.7 Å². The molecule has 1 fully saturated rings. The van der Waals surface area contributed by atoms with Crippen molar-refractivity contribution >= 4 is 0 Å². The number of hydrazine groups is 1. The molecule has 1 rings (SSSR count). The van der Waals surface area contributed by atoms with E-state index in [4.69, 9.17) is 16.3 Å². The molecule has 0 unspecified atom stereocenters. The van der Waals surface area contributed by atoms with Crippen molar-refractivity contribution < 1.29 is 4.74 Å². The first kappa shape index (κ1) is 8.36. The van der Waals surface area contributed by atoms with E-state index < -0.39 is 0 Å². The van der Waals surface area contributed by atoms with Gasteiger partial charge in [-0.2, -0.15) is 0 Å². The Kier molecular flexibility index (Phi) is 2.36. The molecule has 1 saturated carbocycles. The molecular formula is C7H15N3O. The highest BCUT2D eigenvalue weighted by molar-refractivity contribution is 5.18. The van der Waals surface area contributed by atoms with E-state index >= 15 is 0 Å². The minimum absolute atomic E-state index is 0.0844. The lowest BCUT2D eigenvalue weighted by molar-refractivity contribution is 0.156. The van der Waals surface area contributed by atoms with Gasteiger partial charge in [-0.25, -0.2) is 0 Å². The van der Waals surface area contributed by atoms with Crippen molar-refractivity contribution in [2.45, 2.75) is 12.8 Å². The molecule has 0 aromatic rings. The highest BCUT2D eigenvalue weighted by Gasteiger charge is 2.45. The zero-order valence-corrected chi connectivity index (χ0v) is 6.76. The second-order valence-corrected chi connectivity index (χ2v) is 2.98. The van der Waals surface area contributed by atoms with Gasteiger partial charge in [0.05, 0.1) is 6.61 Å². The topological polar surface area (TPSA) is 73.3 Å². The smallest absolute Gasteiger partial charge is 0.0573 e. The molecule has 0 spiro atoms. The Bertz CT molecular complexity index is 163. The van der Waals surface area contributed by atoms with Gasteiger partial charge in [-0.1, -0.05) is 0 Å². The molecule has 0 aromatic heterocycles. The molecule has 0 atom stereocenters. The summed E-state index contributed by atoms with van der Waals surface area (Å²) in [7, 11) is 1.68. The average Bonchev–Trinajstić information content (AvgIpc) is 2.71. The van der Waals surface area contributed by atoms with E-state index in [0.717, 1.165) is 18.5 Å². The Morgan fingerprint density at radius 2 is 2.36 bits per heavy atom. The zero-order valence-electron chi connectivity index (χ0n) is 6.76. The van der Waals surface area contributed by atoms with Crippen molar-refractivity contribution in [3.05, 3.63) is 11.9 Å². The summed E-state index contributed by atoms with van der Waals surface area (Å²) in [4.78, 5) is 0. The number of rotatable bonds is 4. The van der Waals surface area contributed by atoms with Gasteiger partial charge >= 0.3 is 0 Å². The van der Waals surface area contributed by atoms with Crippen molar-refractivity contribution in [2.24, 2.45) is 17.0 Å². The summed E-state index contributed by atoms with van der Waals surface area (Å²) < 4.78 is 5.05. The first-order valence-electron chi connectivity index (χ1n) is 3.66. The zero-order chi connectivity index (χ0) is 8.32.